The van der Waals surface area contributed by atoms with E-state index in [9.17, 15) is 8.42 Å². The minimum atomic E-state index is -3.57. The Bertz CT molecular complexity index is 559. The molecule has 0 saturated heterocycles. The zero-order valence-corrected chi connectivity index (χ0v) is 14.5. The van der Waals surface area contributed by atoms with Crippen molar-refractivity contribution in [3.63, 3.8) is 0 Å². The van der Waals surface area contributed by atoms with Crippen molar-refractivity contribution < 1.29 is 8.42 Å². The highest BCUT2D eigenvalue weighted by atomic mass is 79.9. The molecular weight excluding hydrogens is 348 g/mol. The Morgan fingerprint density at radius 3 is 2.47 bits per heavy atom. The van der Waals surface area contributed by atoms with Crippen LogP contribution in [0.25, 0.3) is 0 Å². The summed E-state index contributed by atoms with van der Waals surface area (Å²) in [6.45, 7) is 9.81. The Kier molecular flexibility index (Phi) is 5.36. The summed E-state index contributed by atoms with van der Waals surface area (Å²) in [6.07, 6.45) is 1.59. The number of thiophene rings is 1. The first-order valence-corrected chi connectivity index (χ1v) is 8.81. The van der Waals surface area contributed by atoms with Gasteiger partial charge in [0.25, 0.3) is 0 Å². The Morgan fingerprint density at radius 2 is 2.11 bits per heavy atom. The molecular formula is C12H19BrN2O2S2. The molecule has 1 heterocycles. The van der Waals surface area contributed by atoms with E-state index in [-0.39, 0.29) is 11.4 Å². The fourth-order valence-electron chi connectivity index (χ4n) is 1.64. The Hall–Kier alpha value is -0.210. The predicted molar refractivity (Wildman–Crippen MR) is 83.8 cm³/mol. The molecule has 2 N–H and O–H groups in total. The monoisotopic (exact) mass is 366 g/mol. The van der Waals surface area contributed by atoms with E-state index in [0.717, 1.165) is 4.88 Å². The number of sulfonamides is 1. The van der Waals surface area contributed by atoms with Crippen LogP contribution in [-0.2, 0) is 16.6 Å². The molecule has 0 amide bonds. The molecule has 0 spiro atoms. The molecule has 108 valence electrons. The summed E-state index contributed by atoms with van der Waals surface area (Å²) in [5.41, 5.74) is 5.04. The van der Waals surface area contributed by atoms with Crippen LogP contribution in [0, 0.1) is 0 Å². The zero-order valence-electron chi connectivity index (χ0n) is 11.3. The van der Waals surface area contributed by atoms with E-state index in [0.29, 0.717) is 10.3 Å². The lowest BCUT2D eigenvalue weighted by molar-refractivity contribution is 0.270. The molecule has 19 heavy (non-hydrogen) atoms. The summed E-state index contributed by atoms with van der Waals surface area (Å²) >= 11 is 4.66. The molecule has 0 radical (unpaired) electrons. The van der Waals surface area contributed by atoms with E-state index in [1.807, 2.05) is 20.8 Å². The van der Waals surface area contributed by atoms with Crippen molar-refractivity contribution in [3.8, 4) is 0 Å². The van der Waals surface area contributed by atoms with Crippen molar-refractivity contribution in [2.45, 2.75) is 37.8 Å². The number of nitrogens with two attached hydrogens (primary N) is 1. The van der Waals surface area contributed by atoms with Crippen molar-refractivity contribution in [2.24, 2.45) is 5.73 Å². The summed E-state index contributed by atoms with van der Waals surface area (Å²) in [5, 5.41) is 0. The minimum absolute atomic E-state index is 0.270. The standard InChI is InChI=1S/C12H19BrN2O2S2/c1-5-6-15(12(2,3)4)19(16,17)10-7-9(8-14)18-11(10)13/h5,7H,1,6,8,14H2,2-4H3. The molecule has 0 unspecified atom stereocenters. The second kappa shape index (κ2) is 6.05. The van der Waals surface area contributed by atoms with Gasteiger partial charge in [-0.25, -0.2) is 8.42 Å². The van der Waals surface area contributed by atoms with Gasteiger partial charge in [-0.1, -0.05) is 6.08 Å². The Balaban J connectivity index is 3.34. The lowest BCUT2D eigenvalue weighted by Gasteiger charge is -2.33. The number of rotatable bonds is 5. The zero-order chi connectivity index (χ0) is 14.8. The fourth-order valence-corrected chi connectivity index (χ4v) is 5.91. The molecule has 0 saturated carbocycles. The number of halogens is 1. The van der Waals surface area contributed by atoms with Gasteiger partial charge in [-0.15, -0.1) is 17.9 Å². The summed E-state index contributed by atoms with van der Waals surface area (Å²) in [7, 11) is -3.57. The molecule has 0 fully saturated rings. The first kappa shape index (κ1) is 16.8. The normalized spacial score (nSPS) is 12.9. The molecule has 1 rings (SSSR count). The van der Waals surface area contributed by atoms with Gasteiger partial charge in [0.1, 0.15) is 4.90 Å². The van der Waals surface area contributed by atoms with Crippen molar-refractivity contribution in [1.82, 2.24) is 4.31 Å². The molecule has 0 aromatic carbocycles. The van der Waals surface area contributed by atoms with Crippen molar-refractivity contribution in [2.75, 3.05) is 6.54 Å². The highest BCUT2D eigenvalue weighted by Gasteiger charge is 2.35. The van der Waals surface area contributed by atoms with Crippen molar-refractivity contribution in [1.29, 1.82) is 0 Å². The molecule has 1 aromatic heterocycles. The topological polar surface area (TPSA) is 63.4 Å². The lowest BCUT2D eigenvalue weighted by atomic mass is 10.1. The van der Waals surface area contributed by atoms with Crippen LogP contribution >= 0.6 is 27.3 Å². The number of nitrogens with zero attached hydrogens (tertiary/aromatic N) is 1. The molecule has 0 aliphatic heterocycles. The van der Waals surface area contributed by atoms with Crippen LogP contribution in [0.3, 0.4) is 0 Å². The predicted octanol–water partition coefficient (Wildman–Crippen LogP) is 2.94. The van der Waals surface area contributed by atoms with Crippen molar-refractivity contribution in [3.05, 3.63) is 27.4 Å². The quantitative estimate of drug-likeness (QED) is 0.814. The van der Waals surface area contributed by atoms with Crippen LogP contribution in [-0.4, -0.2) is 24.8 Å². The minimum Gasteiger partial charge on any atom is -0.326 e. The van der Waals surface area contributed by atoms with Crippen LogP contribution in [0.1, 0.15) is 25.6 Å². The third kappa shape index (κ3) is 3.66. The van der Waals surface area contributed by atoms with Crippen molar-refractivity contribution >= 4 is 37.3 Å². The number of hydrogen-bond acceptors (Lipinski definition) is 4. The smallest absolute Gasteiger partial charge is 0.245 e. The average molecular weight is 367 g/mol. The maximum absolute atomic E-state index is 12.7. The van der Waals surface area contributed by atoms with E-state index >= 15 is 0 Å². The van der Waals surface area contributed by atoms with Gasteiger partial charge in [-0.05, 0) is 42.8 Å². The molecule has 7 heteroatoms. The fraction of sp³-hybridized carbons (Fsp3) is 0.500. The van der Waals surface area contributed by atoms with E-state index in [1.54, 1.807) is 12.1 Å². The summed E-state index contributed by atoms with van der Waals surface area (Å²) in [6, 6.07) is 1.63. The van der Waals surface area contributed by atoms with E-state index < -0.39 is 15.6 Å². The van der Waals surface area contributed by atoms with Crippen LogP contribution in [0.5, 0.6) is 0 Å². The lowest BCUT2D eigenvalue weighted by Crippen LogP contribution is -2.45. The molecule has 0 aliphatic carbocycles. The van der Waals surface area contributed by atoms with Gasteiger partial charge >= 0.3 is 0 Å². The first-order valence-electron chi connectivity index (χ1n) is 5.76. The summed E-state index contributed by atoms with van der Waals surface area (Å²) < 4.78 is 27.5. The second-order valence-corrected chi connectivity index (χ2v) is 9.34. The molecule has 0 aliphatic rings. The maximum Gasteiger partial charge on any atom is 0.245 e. The highest BCUT2D eigenvalue weighted by Crippen LogP contribution is 2.35. The van der Waals surface area contributed by atoms with E-state index in [2.05, 4.69) is 22.5 Å². The van der Waals surface area contributed by atoms with Gasteiger partial charge in [0, 0.05) is 23.5 Å². The molecule has 0 bridgehead atoms. The van der Waals surface area contributed by atoms with Crippen LogP contribution in [0.2, 0.25) is 0 Å². The SMILES string of the molecule is C=CCN(C(C)(C)C)S(=O)(=O)c1cc(CN)sc1Br. The Labute approximate surface area is 127 Å². The third-order valence-corrected chi connectivity index (χ3v) is 6.92. The summed E-state index contributed by atoms with van der Waals surface area (Å²) in [5.74, 6) is 0. The van der Waals surface area contributed by atoms with Gasteiger partial charge in [-0.2, -0.15) is 4.31 Å². The summed E-state index contributed by atoms with van der Waals surface area (Å²) in [4.78, 5) is 1.10. The van der Waals surface area contributed by atoms with Gasteiger partial charge in [0.15, 0.2) is 0 Å². The van der Waals surface area contributed by atoms with Gasteiger partial charge in [0.05, 0.1) is 3.79 Å². The second-order valence-electron chi connectivity index (χ2n) is 5.05. The molecule has 4 nitrogen and oxygen atoms in total. The first-order chi connectivity index (χ1) is 8.64. The molecule has 1 aromatic rings. The van der Waals surface area contributed by atoms with Gasteiger partial charge in [-0.3, -0.25) is 0 Å². The average Bonchev–Trinajstić information content (AvgIpc) is 2.66. The largest absolute Gasteiger partial charge is 0.326 e. The van der Waals surface area contributed by atoms with Crippen LogP contribution in [0.15, 0.2) is 27.4 Å². The van der Waals surface area contributed by atoms with Gasteiger partial charge < -0.3 is 5.73 Å². The van der Waals surface area contributed by atoms with Gasteiger partial charge in [0.2, 0.25) is 10.0 Å². The highest BCUT2D eigenvalue weighted by molar-refractivity contribution is 9.11. The number of hydrogen-bond donors (Lipinski definition) is 1. The maximum atomic E-state index is 12.7. The van der Waals surface area contributed by atoms with E-state index in [1.165, 1.54) is 15.6 Å². The van der Waals surface area contributed by atoms with E-state index in [4.69, 9.17) is 5.73 Å². The van der Waals surface area contributed by atoms with Crippen LogP contribution < -0.4 is 5.73 Å². The molecule has 0 atom stereocenters. The third-order valence-electron chi connectivity index (χ3n) is 2.52. The van der Waals surface area contributed by atoms with Crippen LogP contribution in [0.4, 0.5) is 0 Å². The Morgan fingerprint density at radius 1 is 1.53 bits per heavy atom.